The number of nitrogens with one attached hydrogen (secondary N) is 1. The summed E-state index contributed by atoms with van der Waals surface area (Å²) in [6.07, 6.45) is 0.967. The molecule has 0 amide bonds. The highest BCUT2D eigenvalue weighted by molar-refractivity contribution is 5.95. The molecule has 5 N–H and O–H groups in total. The van der Waals surface area contributed by atoms with Gasteiger partial charge in [0.25, 0.3) is 0 Å². The number of rotatable bonds is 5. The fraction of sp³-hybridized carbons (Fsp3) is 0.611. The maximum Gasteiger partial charge on any atom is 0.164 e. The van der Waals surface area contributed by atoms with Gasteiger partial charge in [-0.25, -0.2) is 0 Å². The zero-order valence-electron chi connectivity index (χ0n) is 14.6. The van der Waals surface area contributed by atoms with Crippen LogP contribution in [0, 0.1) is 5.41 Å². The van der Waals surface area contributed by atoms with Crippen LogP contribution in [0.15, 0.2) is 24.3 Å². The first-order valence-electron chi connectivity index (χ1n) is 9.05. The van der Waals surface area contributed by atoms with Crippen LogP contribution in [0.2, 0.25) is 0 Å². The molecule has 0 saturated carbocycles. The molecule has 1 aromatic rings. The number of hydrogen-bond acceptors (Lipinski definition) is 6. The number of nitrogens with zero attached hydrogens (tertiary/aromatic N) is 3. The summed E-state index contributed by atoms with van der Waals surface area (Å²) in [6.45, 7) is 6.37. The lowest BCUT2D eigenvalue weighted by molar-refractivity contribution is -0.0669. The molecule has 0 aromatic heterocycles. The van der Waals surface area contributed by atoms with Crippen LogP contribution in [0.4, 0.5) is 5.69 Å². The molecule has 0 radical (unpaired) electrons. The standard InChI is InChI=1S/C18H29N5O2/c19-18(20)14-1-3-15(4-2-14)22-9-11-23(12-10-22)16-5-7-21(8-6-16)13-17(24)25/h1-4,16-17,24-25H,5-13H2,(H3,19,20). The Bertz CT molecular complexity index is 561. The fourth-order valence-electron chi connectivity index (χ4n) is 3.90. The van der Waals surface area contributed by atoms with Crippen LogP contribution in [-0.2, 0) is 0 Å². The third kappa shape index (κ3) is 4.70. The minimum Gasteiger partial charge on any atom is -0.384 e. The van der Waals surface area contributed by atoms with Crippen molar-refractivity contribution in [2.75, 3.05) is 50.7 Å². The normalized spacial score (nSPS) is 21.0. The molecule has 7 nitrogen and oxygen atoms in total. The Labute approximate surface area is 149 Å². The van der Waals surface area contributed by atoms with Gasteiger partial charge in [-0.3, -0.25) is 15.2 Å². The van der Waals surface area contributed by atoms with Gasteiger partial charge in [-0.15, -0.1) is 0 Å². The van der Waals surface area contributed by atoms with E-state index in [1.165, 1.54) is 5.69 Å². The second kappa shape index (κ2) is 8.14. The van der Waals surface area contributed by atoms with Gasteiger partial charge < -0.3 is 20.8 Å². The minimum absolute atomic E-state index is 0.108. The third-order valence-corrected chi connectivity index (χ3v) is 5.35. The lowest BCUT2D eigenvalue weighted by Crippen LogP contribution is -2.53. The molecule has 0 bridgehead atoms. The van der Waals surface area contributed by atoms with E-state index in [2.05, 4.69) is 14.7 Å². The average molecular weight is 347 g/mol. The number of likely N-dealkylation sites (tertiary alicyclic amines) is 1. The van der Waals surface area contributed by atoms with Crippen LogP contribution >= 0.6 is 0 Å². The monoisotopic (exact) mass is 347 g/mol. The Balaban J connectivity index is 1.47. The van der Waals surface area contributed by atoms with Gasteiger partial charge in [-0.1, -0.05) is 0 Å². The number of hydrogen-bond donors (Lipinski definition) is 4. The molecule has 138 valence electrons. The number of anilines is 1. The van der Waals surface area contributed by atoms with E-state index in [0.29, 0.717) is 12.6 Å². The van der Waals surface area contributed by atoms with E-state index in [0.717, 1.165) is 57.7 Å². The maximum absolute atomic E-state index is 9.08. The molecule has 0 spiro atoms. The number of aliphatic hydroxyl groups excluding tert-OH is 1. The molecular weight excluding hydrogens is 318 g/mol. The quantitative estimate of drug-likeness (QED) is 0.336. The summed E-state index contributed by atoms with van der Waals surface area (Å²) < 4.78 is 0. The van der Waals surface area contributed by atoms with Crippen LogP contribution in [-0.4, -0.2) is 84.0 Å². The number of amidine groups is 1. The number of aliphatic hydroxyl groups is 2. The summed E-state index contributed by atoms with van der Waals surface area (Å²) in [5.74, 6) is 0.108. The molecule has 2 fully saturated rings. The van der Waals surface area contributed by atoms with Crippen LogP contribution in [0.1, 0.15) is 18.4 Å². The molecule has 2 aliphatic rings. The predicted molar refractivity (Wildman–Crippen MR) is 98.9 cm³/mol. The van der Waals surface area contributed by atoms with Crippen molar-refractivity contribution in [3.63, 3.8) is 0 Å². The topological polar surface area (TPSA) is 100 Å². The van der Waals surface area contributed by atoms with Gasteiger partial charge in [-0.2, -0.15) is 0 Å². The highest BCUT2D eigenvalue weighted by atomic mass is 16.5. The Morgan fingerprint density at radius 2 is 1.64 bits per heavy atom. The van der Waals surface area contributed by atoms with Crippen molar-refractivity contribution in [3.8, 4) is 0 Å². The molecule has 2 heterocycles. The number of β-amino-alcohol motifs (C(OH)–C–C–N with tert-alkyl or cyclic N) is 2. The van der Waals surface area contributed by atoms with Crippen molar-refractivity contribution in [1.29, 1.82) is 5.41 Å². The lowest BCUT2D eigenvalue weighted by atomic mass is 10.0. The summed E-state index contributed by atoms with van der Waals surface area (Å²) in [5.41, 5.74) is 7.47. The van der Waals surface area contributed by atoms with Crippen LogP contribution < -0.4 is 10.6 Å². The van der Waals surface area contributed by atoms with Gasteiger partial charge in [-0.05, 0) is 50.2 Å². The zero-order chi connectivity index (χ0) is 17.8. The van der Waals surface area contributed by atoms with Gasteiger partial charge in [0.05, 0.1) is 0 Å². The number of piperidine rings is 1. The van der Waals surface area contributed by atoms with E-state index >= 15 is 0 Å². The molecule has 0 aliphatic carbocycles. The summed E-state index contributed by atoms with van der Waals surface area (Å²) >= 11 is 0. The Hall–Kier alpha value is -1.67. The van der Waals surface area contributed by atoms with Crippen LogP contribution in [0.5, 0.6) is 0 Å². The van der Waals surface area contributed by atoms with Crippen molar-refractivity contribution in [2.24, 2.45) is 5.73 Å². The third-order valence-electron chi connectivity index (χ3n) is 5.35. The number of nitrogens with two attached hydrogens (primary N) is 1. The van der Waals surface area contributed by atoms with Gasteiger partial charge in [0.1, 0.15) is 5.84 Å². The van der Waals surface area contributed by atoms with Gasteiger partial charge in [0, 0.05) is 50.0 Å². The van der Waals surface area contributed by atoms with Crippen molar-refractivity contribution in [3.05, 3.63) is 29.8 Å². The van der Waals surface area contributed by atoms with Crippen LogP contribution in [0.3, 0.4) is 0 Å². The van der Waals surface area contributed by atoms with Crippen molar-refractivity contribution in [1.82, 2.24) is 9.80 Å². The number of piperazine rings is 1. The molecular formula is C18H29N5O2. The second-order valence-electron chi connectivity index (χ2n) is 7.00. The second-order valence-corrected chi connectivity index (χ2v) is 7.00. The SMILES string of the molecule is N=C(N)c1ccc(N2CCN(C3CCN(CC(O)O)CC3)CC2)cc1. The van der Waals surface area contributed by atoms with Gasteiger partial charge in [0.2, 0.25) is 0 Å². The first-order chi connectivity index (χ1) is 12.0. The first-order valence-corrected chi connectivity index (χ1v) is 9.05. The van der Waals surface area contributed by atoms with Crippen LogP contribution in [0.25, 0.3) is 0 Å². The van der Waals surface area contributed by atoms with E-state index in [-0.39, 0.29) is 5.84 Å². The van der Waals surface area contributed by atoms with Crippen molar-refractivity contribution < 1.29 is 10.2 Å². The number of benzene rings is 1. The van der Waals surface area contributed by atoms with Crippen molar-refractivity contribution in [2.45, 2.75) is 25.2 Å². The Morgan fingerprint density at radius 1 is 1.04 bits per heavy atom. The fourth-order valence-corrected chi connectivity index (χ4v) is 3.90. The molecule has 2 aliphatic heterocycles. The van der Waals surface area contributed by atoms with E-state index in [9.17, 15) is 0 Å². The predicted octanol–water partition coefficient (Wildman–Crippen LogP) is -0.132. The molecule has 0 unspecified atom stereocenters. The summed E-state index contributed by atoms with van der Waals surface area (Å²) in [6, 6.07) is 8.52. The highest BCUT2D eigenvalue weighted by Gasteiger charge is 2.27. The lowest BCUT2D eigenvalue weighted by Gasteiger charge is -2.43. The molecule has 2 saturated heterocycles. The number of nitrogen functional groups attached to an aromatic ring is 1. The van der Waals surface area contributed by atoms with Crippen molar-refractivity contribution >= 4 is 11.5 Å². The average Bonchev–Trinajstić information content (AvgIpc) is 2.62. The maximum atomic E-state index is 9.08. The highest BCUT2D eigenvalue weighted by Crippen LogP contribution is 2.22. The summed E-state index contributed by atoms with van der Waals surface area (Å²) in [7, 11) is 0. The Morgan fingerprint density at radius 3 is 2.16 bits per heavy atom. The van der Waals surface area contributed by atoms with E-state index in [4.69, 9.17) is 21.4 Å². The first kappa shape index (κ1) is 18.1. The molecule has 0 atom stereocenters. The van der Waals surface area contributed by atoms with E-state index in [1.807, 2.05) is 24.3 Å². The molecule has 7 heteroatoms. The minimum atomic E-state index is -1.23. The van der Waals surface area contributed by atoms with E-state index in [1.54, 1.807) is 0 Å². The Kier molecular flexibility index (Phi) is 5.90. The summed E-state index contributed by atoms with van der Waals surface area (Å²) in [4.78, 5) is 7.10. The zero-order valence-corrected chi connectivity index (χ0v) is 14.6. The van der Waals surface area contributed by atoms with E-state index < -0.39 is 6.29 Å². The van der Waals surface area contributed by atoms with Gasteiger partial charge in [0.15, 0.2) is 6.29 Å². The molecule has 1 aromatic carbocycles. The van der Waals surface area contributed by atoms with Gasteiger partial charge >= 0.3 is 0 Å². The summed E-state index contributed by atoms with van der Waals surface area (Å²) in [5, 5.41) is 25.6. The molecule has 25 heavy (non-hydrogen) atoms. The molecule has 3 rings (SSSR count). The smallest absolute Gasteiger partial charge is 0.164 e. The largest absolute Gasteiger partial charge is 0.384 e.